The van der Waals surface area contributed by atoms with Crippen LogP contribution in [0.1, 0.15) is 25.8 Å². The highest BCUT2D eigenvalue weighted by Crippen LogP contribution is 2.43. The Labute approximate surface area is 133 Å². The maximum Gasteiger partial charge on any atom is 0.313 e. The van der Waals surface area contributed by atoms with E-state index in [1.807, 2.05) is 4.57 Å². The Morgan fingerprint density at radius 3 is 2.95 bits per heavy atom. The van der Waals surface area contributed by atoms with Gasteiger partial charge in [0.05, 0.1) is 21.3 Å². The normalized spacial score (nSPS) is 16.3. The minimum Gasteiger partial charge on any atom is -0.481 e. The molecule has 1 saturated carbocycles. The summed E-state index contributed by atoms with van der Waals surface area (Å²) in [4.78, 5) is 15.2. The second kappa shape index (κ2) is 5.61. The molecule has 0 radical (unpaired) electrons. The lowest BCUT2D eigenvalue weighted by Gasteiger charge is -2.16. The van der Waals surface area contributed by atoms with Crippen LogP contribution in [0.5, 0.6) is 0 Å². The van der Waals surface area contributed by atoms with Crippen molar-refractivity contribution in [3.63, 3.8) is 0 Å². The summed E-state index contributed by atoms with van der Waals surface area (Å²) >= 11 is 4.39. The number of carboxylic acids is 1. The second-order valence-corrected chi connectivity index (χ2v) is 7.08. The quantitative estimate of drug-likeness (QED) is 0.803. The number of hydrogen-bond donors (Lipinski definition) is 1. The molecular weight excluding hydrogens is 359 g/mol. The SMILES string of the molecule is CC(C1CC1)n1c(SCC(=O)O)nc2cc(F)c(Br)cc21. The molecule has 1 unspecified atom stereocenters. The third kappa shape index (κ3) is 2.94. The van der Waals surface area contributed by atoms with Crippen molar-refractivity contribution in [1.82, 2.24) is 9.55 Å². The van der Waals surface area contributed by atoms with Crippen molar-refractivity contribution in [3.05, 3.63) is 22.4 Å². The third-order valence-corrected chi connectivity index (χ3v) is 5.28. The van der Waals surface area contributed by atoms with E-state index in [1.165, 1.54) is 30.7 Å². The largest absolute Gasteiger partial charge is 0.481 e. The Hall–Kier alpha value is -1.08. The van der Waals surface area contributed by atoms with Crippen LogP contribution in [-0.4, -0.2) is 26.4 Å². The van der Waals surface area contributed by atoms with Gasteiger partial charge in [-0.2, -0.15) is 0 Å². The smallest absolute Gasteiger partial charge is 0.313 e. The summed E-state index contributed by atoms with van der Waals surface area (Å²) < 4.78 is 16.1. The van der Waals surface area contributed by atoms with Crippen molar-refractivity contribution < 1.29 is 14.3 Å². The predicted molar refractivity (Wildman–Crippen MR) is 83.2 cm³/mol. The molecule has 112 valence electrons. The Balaban J connectivity index is 2.10. The van der Waals surface area contributed by atoms with Crippen molar-refractivity contribution in [3.8, 4) is 0 Å². The Morgan fingerprint density at radius 1 is 1.62 bits per heavy atom. The van der Waals surface area contributed by atoms with Crippen LogP contribution in [0.25, 0.3) is 11.0 Å². The lowest BCUT2D eigenvalue weighted by molar-refractivity contribution is -0.133. The van der Waals surface area contributed by atoms with E-state index in [-0.39, 0.29) is 17.6 Å². The zero-order chi connectivity index (χ0) is 15.1. The van der Waals surface area contributed by atoms with E-state index < -0.39 is 5.97 Å². The minimum absolute atomic E-state index is 0.0512. The molecule has 1 fully saturated rings. The number of fused-ring (bicyclic) bond motifs is 1. The summed E-state index contributed by atoms with van der Waals surface area (Å²) in [5, 5.41) is 9.51. The molecule has 0 saturated heterocycles. The standard InChI is InChI=1S/C14H14BrFN2O2S/c1-7(8-2-3-8)18-12-4-9(15)10(16)5-11(12)17-14(18)21-6-13(19)20/h4-5,7-8H,2-3,6H2,1H3,(H,19,20). The summed E-state index contributed by atoms with van der Waals surface area (Å²) in [5.41, 5.74) is 1.41. The van der Waals surface area contributed by atoms with Gasteiger partial charge in [-0.25, -0.2) is 9.37 Å². The summed E-state index contributed by atoms with van der Waals surface area (Å²) in [6, 6.07) is 3.35. The number of rotatable bonds is 5. The lowest BCUT2D eigenvalue weighted by Crippen LogP contribution is -2.09. The van der Waals surface area contributed by atoms with Crippen molar-refractivity contribution in [2.24, 2.45) is 5.92 Å². The van der Waals surface area contributed by atoms with Crippen molar-refractivity contribution >= 4 is 44.7 Å². The van der Waals surface area contributed by atoms with Gasteiger partial charge in [0.15, 0.2) is 5.16 Å². The Bertz CT molecular complexity index is 715. The van der Waals surface area contributed by atoms with E-state index in [0.29, 0.717) is 21.1 Å². The first-order valence-corrected chi connectivity index (χ1v) is 8.47. The van der Waals surface area contributed by atoms with Crippen LogP contribution in [0, 0.1) is 11.7 Å². The van der Waals surface area contributed by atoms with Gasteiger partial charge in [0.2, 0.25) is 0 Å². The van der Waals surface area contributed by atoms with Gasteiger partial charge in [-0.15, -0.1) is 0 Å². The fourth-order valence-corrected chi connectivity index (χ4v) is 3.63. The molecule has 1 heterocycles. The molecule has 1 N–H and O–H groups in total. The number of aromatic nitrogens is 2. The van der Waals surface area contributed by atoms with Crippen LogP contribution >= 0.6 is 27.7 Å². The summed E-state index contributed by atoms with van der Waals surface area (Å²) in [5.74, 6) is -0.703. The van der Waals surface area contributed by atoms with E-state index in [2.05, 4.69) is 27.8 Å². The van der Waals surface area contributed by atoms with Crippen molar-refractivity contribution in [2.45, 2.75) is 31.0 Å². The summed E-state index contributed by atoms with van der Waals surface area (Å²) in [6.07, 6.45) is 2.35. The van der Waals surface area contributed by atoms with Gasteiger partial charge in [-0.05, 0) is 47.7 Å². The lowest BCUT2D eigenvalue weighted by atomic mass is 10.2. The number of nitrogens with zero attached hydrogens (tertiary/aromatic N) is 2. The highest BCUT2D eigenvalue weighted by Gasteiger charge is 2.32. The molecule has 0 aliphatic heterocycles. The van der Waals surface area contributed by atoms with Crippen LogP contribution in [0.2, 0.25) is 0 Å². The fourth-order valence-electron chi connectivity index (χ4n) is 2.48. The number of aliphatic carboxylic acids is 1. The van der Waals surface area contributed by atoms with Gasteiger partial charge in [0.25, 0.3) is 0 Å². The topological polar surface area (TPSA) is 55.1 Å². The molecule has 1 aliphatic rings. The molecule has 3 rings (SSSR count). The third-order valence-electron chi connectivity index (χ3n) is 3.74. The van der Waals surface area contributed by atoms with Gasteiger partial charge in [0, 0.05) is 12.1 Å². The van der Waals surface area contributed by atoms with E-state index in [9.17, 15) is 9.18 Å². The van der Waals surface area contributed by atoms with Gasteiger partial charge >= 0.3 is 5.97 Å². The van der Waals surface area contributed by atoms with E-state index in [1.54, 1.807) is 6.07 Å². The zero-order valence-corrected chi connectivity index (χ0v) is 13.7. The number of carboxylic acid groups (broad SMARTS) is 1. The molecule has 4 nitrogen and oxygen atoms in total. The Morgan fingerprint density at radius 2 is 2.33 bits per heavy atom. The van der Waals surface area contributed by atoms with Gasteiger partial charge < -0.3 is 9.67 Å². The number of thioether (sulfide) groups is 1. The molecular formula is C14H14BrFN2O2S. The van der Waals surface area contributed by atoms with Crippen molar-refractivity contribution in [2.75, 3.05) is 5.75 Å². The van der Waals surface area contributed by atoms with E-state index in [4.69, 9.17) is 5.11 Å². The fraction of sp³-hybridized carbons (Fsp3) is 0.429. The van der Waals surface area contributed by atoms with Crippen LogP contribution in [-0.2, 0) is 4.79 Å². The maximum atomic E-state index is 13.7. The van der Waals surface area contributed by atoms with Gasteiger partial charge in [0.1, 0.15) is 5.82 Å². The molecule has 0 amide bonds. The molecule has 1 atom stereocenters. The van der Waals surface area contributed by atoms with E-state index in [0.717, 1.165) is 5.52 Å². The predicted octanol–water partition coefficient (Wildman–Crippen LogP) is 4.09. The first-order chi connectivity index (χ1) is 9.97. The number of carbonyl (C=O) groups is 1. The van der Waals surface area contributed by atoms with Gasteiger partial charge in [-0.3, -0.25) is 4.79 Å². The molecule has 1 aromatic heterocycles. The highest BCUT2D eigenvalue weighted by atomic mass is 79.9. The van der Waals surface area contributed by atoms with Crippen molar-refractivity contribution in [1.29, 1.82) is 0 Å². The Kier molecular flexibility index (Phi) is 3.96. The number of imidazole rings is 1. The molecule has 2 aromatic rings. The molecule has 0 bridgehead atoms. The molecule has 7 heteroatoms. The molecule has 21 heavy (non-hydrogen) atoms. The average Bonchev–Trinajstić information content (AvgIpc) is 3.20. The first-order valence-electron chi connectivity index (χ1n) is 6.69. The molecule has 1 aliphatic carbocycles. The van der Waals surface area contributed by atoms with Crippen LogP contribution < -0.4 is 0 Å². The highest BCUT2D eigenvalue weighted by molar-refractivity contribution is 9.10. The number of benzene rings is 1. The number of halogens is 2. The number of hydrogen-bond acceptors (Lipinski definition) is 3. The first kappa shape index (κ1) is 14.8. The minimum atomic E-state index is -0.884. The zero-order valence-electron chi connectivity index (χ0n) is 11.3. The summed E-state index contributed by atoms with van der Waals surface area (Å²) in [7, 11) is 0. The molecule has 1 aromatic carbocycles. The van der Waals surface area contributed by atoms with Crippen LogP contribution in [0.3, 0.4) is 0 Å². The second-order valence-electron chi connectivity index (χ2n) is 5.28. The van der Waals surface area contributed by atoms with Crippen LogP contribution in [0.15, 0.2) is 21.8 Å². The maximum absolute atomic E-state index is 13.7. The monoisotopic (exact) mass is 372 g/mol. The van der Waals surface area contributed by atoms with Gasteiger partial charge in [-0.1, -0.05) is 11.8 Å². The average molecular weight is 373 g/mol. The van der Waals surface area contributed by atoms with Crippen LogP contribution in [0.4, 0.5) is 4.39 Å². The summed E-state index contributed by atoms with van der Waals surface area (Å²) in [6.45, 7) is 2.11. The molecule has 0 spiro atoms. The van der Waals surface area contributed by atoms with E-state index >= 15 is 0 Å².